The van der Waals surface area contributed by atoms with E-state index in [4.69, 9.17) is 5.11 Å². The van der Waals surface area contributed by atoms with Gasteiger partial charge in [0, 0.05) is 18.7 Å². The third-order valence-corrected chi connectivity index (χ3v) is 5.38. The second kappa shape index (κ2) is 8.32. The van der Waals surface area contributed by atoms with Crippen molar-refractivity contribution < 1.29 is 23.1 Å². The number of amides is 1. The second-order valence-electron chi connectivity index (χ2n) is 6.71. The molecule has 2 aromatic carbocycles. The van der Waals surface area contributed by atoms with E-state index >= 15 is 0 Å². The summed E-state index contributed by atoms with van der Waals surface area (Å²) in [5.41, 5.74) is -0.180. The molecule has 3 N–H and O–H groups in total. The Kier molecular flexibility index (Phi) is 6.35. The first-order chi connectivity index (χ1) is 12.6. The van der Waals surface area contributed by atoms with E-state index in [0.29, 0.717) is 0 Å². The molecule has 2 rings (SSSR count). The molecule has 1 amide bonds. The van der Waals surface area contributed by atoms with Crippen LogP contribution in [-0.2, 0) is 21.4 Å². The summed E-state index contributed by atoms with van der Waals surface area (Å²) in [6.45, 7) is 3.03. The first-order valence-corrected chi connectivity index (χ1v) is 9.75. The van der Waals surface area contributed by atoms with Gasteiger partial charge in [-0.25, -0.2) is 13.1 Å². The van der Waals surface area contributed by atoms with Crippen LogP contribution >= 0.6 is 0 Å². The van der Waals surface area contributed by atoms with E-state index in [1.165, 1.54) is 38.1 Å². The minimum absolute atomic E-state index is 0.0384. The molecule has 0 saturated heterocycles. The van der Waals surface area contributed by atoms with Gasteiger partial charge in [0.15, 0.2) is 0 Å². The molecule has 0 aliphatic carbocycles. The van der Waals surface area contributed by atoms with Gasteiger partial charge in [-0.15, -0.1) is 0 Å². The summed E-state index contributed by atoms with van der Waals surface area (Å²) in [5.74, 6) is -1.58. The number of hydrogen-bond donors (Lipinski definition) is 3. The van der Waals surface area contributed by atoms with Crippen LogP contribution in [0.25, 0.3) is 0 Å². The molecule has 0 unspecified atom stereocenters. The summed E-state index contributed by atoms with van der Waals surface area (Å²) in [6.07, 6.45) is 0. The summed E-state index contributed by atoms with van der Waals surface area (Å²) in [5, 5.41) is 11.6. The van der Waals surface area contributed by atoms with Gasteiger partial charge < -0.3 is 10.4 Å². The molecule has 0 spiro atoms. The highest BCUT2D eigenvalue weighted by molar-refractivity contribution is 7.89. The molecule has 0 atom stereocenters. The van der Waals surface area contributed by atoms with Crippen LogP contribution < -0.4 is 10.0 Å². The van der Waals surface area contributed by atoms with E-state index < -0.39 is 27.3 Å². The van der Waals surface area contributed by atoms with Gasteiger partial charge in [-0.1, -0.05) is 36.4 Å². The van der Waals surface area contributed by atoms with Crippen molar-refractivity contribution in [3.8, 4) is 0 Å². The van der Waals surface area contributed by atoms with Gasteiger partial charge in [0.1, 0.15) is 0 Å². The molecule has 0 heterocycles. The van der Waals surface area contributed by atoms with E-state index in [2.05, 4.69) is 10.0 Å². The SMILES string of the molecule is CC(C)(CNC(=O)c1cccc(S(=O)(=O)NCc2ccccc2)c1)C(=O)O. The quantitative estimate of drug-likeness (QED) is 0.638. The fourth-order valence-electron chi connectivity index (χ4n) is 2.14. The summed E-state index contributed by atoms with van der Waals surface area (Å²) in [7, 11) is -3.80. The summed E-state index contributed by atoms with van der Waals surface area (Å²) >= 11 is 0. The highest BCUT2D eigenvalue weighted by Crippen LogP contribution is 2.15. The van der Waals surface area contributed by atoms with Crippen LogP contribution in [0.3, 0.4) is 0 Å². The first-order valence-electron chi connectivity index (χ1n) is 8.27. The third-order valence-electron chi connectivity index (χ3n) is 3.99. The molecular weight excluding hydrogens is 368 g/mol. The number of sulfonamides is 1. The summed E-state index contributed by atoms with van der Waals surface area (Å²) in [4.78, 5) is 23.3. The molecule has 0 fully saturated rings. The average Bonchev–Trinajstić information content (AvgIpc) is 2.65. The number of carboxylic acid groups (broad SMARTS) is 1. The molecular formula is C19H22N2O5S. The molecule has 0 aliphatic rings. The van der Waals surface area contributed by atoms with Crippen LogP contribution in [0.2, 0.25) is 0 Å². The van der Waals surface area contributed by atoms with E-state index in [1.807, 2.05) is 18.2 Å². The lowest BCUT2D eigenvalue weighted by molar-refractivity contribution is -0.146. The maximum Gasteiger partial charge on any atom is 0.310 e. The van der Waals surface area contributed by atoms with Crippen molar-refractivity contribution in [1.29, 1.82) is 0 Å². The molecule has 0 radical (unpaired) electrons. The molecule has 0 saturated carbocycles. The number of rotatable bonds is 8. The Hall–Kier alpha value is -2.71. The van der Waals surface area contributed by atoms with Crippen LogP contribution in [0, 0.1) is 5.41 Å². The fraction of sp³-hybridized carbons (Fsp3) is 0.263. The Labute approximate surface area is 158 Å². The zero-order valence-electron chi connectivity index (χ0n) is 15.1. The van der Waals surface area contributed by atoms with Gasteiger partial charge in [0.25, 0.3) is 5.91 Å². The molecule has 8 heteroatoms. The number of carbonyl (C=O) groups is 2. The Bertz CT molecular complexity index is 924. The standard InChI is InChI=1S/C19H22N2O5S/c1-19(2,18(23)24)13-20-17(22)15-9-6-10-16(11-15)27(25,26)21-12-14-7-4-3-5-8-14/h3-11,21H,12-13H2,1-2H3,(H,20,22)(H,23,24). The minimum Gasteiger partial charge on any atom is -0.481 e. The third kappa shape index (κ3) is 5.63. The Morgan fingerprint density at radius 2 is 1.70 bits per heavy atom. The summed E-state index contributed by atoms with van der Waals surface area (Å²) in [6, 6.07) is 14.7. The predicted molar refractivity (Wildman–Crippen MR) is 101 cm³/mol. The lowest BCUT2D eigenvalue weighted by Crippen LogP contribution is -2.39. The monoisotopic (exact) mass is 390 g/mol. The van der Waals surface area contributed by atoms with Crippen molar-refractivity contribution in [2.45, 2.75) is 25.3 Å². The number of carboxylic acids is 1. The number of carbonyl (C=O) groups excluding carboxylic acids is 1. The van der Waals surface area contributed by atoms with Crippen molar-refractivity contribution in [3.63, 3.8) is 0 Å². The maximum atomic E-state index is 12.5. The summed E-state index contributed by atoms with van der Waals surface area (Å²) < 4.78 is 27.4. The molecule has 144 valence electrons. The van der Waals surface area contributed by atoms with Gasteiger partial charge in [-0.3, -0.25) is 9.59 Å². The van der Waals surface area contributed by atoms with E-state index in [9.17, 15) is 18.0 Å². The number of benzene rings is 2. The van der Waals surface area contributed by atoms with Crippen molar-refractivity contribution in [2.24, 2.45) is 5.41 Å². The van der Waals surface area contributed by atoms with Gasteiger partial charge in [0.2, 0.25) is 10.0 Å². The van der Waals surface area contributed by atoms with Crippen LogP contribution in [-0.4, -0.2) is 31.9 Å². The lowest BCUT2D eigenvalue weighted by atomic mass is 9.94. The average molecular weight is 390 g/mol. The van der Waals surface area contributed by atoms with Gasteiger partial charge in [-0.05, 0) is 37.6 Å². The highest BCUT2D eigenvalue weighted by atomic mass is 32.2. The molecule has 27 heavy (non-hydrogen) atoms. The van der Waals surface area contributed by atoms with E-state index in [1.54, 1.807) is 12.1 Å². The molecule has 2 aromatic rings. The largest absolute Gasteiger partial charge is 0.481 e. The Morgan fingerprint density at radius 1 is 1.04 bits per heavy atom. The van der Waals surface area contributed by atoms with Crippen LogP contribution in [0.5, 0.6) is 0 Å². The highest BCUT2D eigenvalue weighted by Gasteiger charge is 2.27. The van der Waals surface area contributed by atoms with Crippen molar-refractivity contribution in [2.75, 3.05) is 6.54 Å². The number of nitrogens with one attached hydrogen (secondary N) is 2. The molecule has 0 aliphatic heterocycles. The normalized spacial score (nSPS) is 11.8. The van der Waals surface area contributed by atoms with Gasteiger partial charge in [-0.2, -0.15) is 0 Å². The predicted octanol–water partition coefficient (Wildman–Crippen LogP) is 2.01. The van der Waals surface area contributed by atoms with Gasteiger partial charge >= 0.3 is 5.97 Å². The zero-order valence-corrected chi connectivity index (χ0v) is 15.9. The van der Waals surface area contributed by atoms with Crippen LogP contribution in [0.15, 0.2) is 59.5 Å². The van der Waals surface area contributed by atoms with Crippen LogP contribution in [0.4, 0.5) is 0 Å². The number of hydrogen-bond acceptors (Lipinski definition) is 4. The molecule has 0 aromatic heterocycles. The second-order valence-corrected chi connectivity index (χ2v) is 8.48. The maximum absolute atomic E-state index is 12.5. The Balaban J connectivity index is 2.09. The van der Waals surface area contributed by atoms with Crippen molar-refractivity contribution in [3.05, 3.63) is 65.7 Å². The lowest BCUT2D eigenvalue weighted by Gasteiger charge is -2.19. The van der Waals surface area contributed by atoms with E-state index in [0.717, 1.165) is 5.56 Å². The molecule has 0 bridgehead atoms. The number of aliphatic carboxylic acids is 1. The smallest absolute Gasteiger partial charge is 0.310 e. The van der Waals surface area contributed by atoms with Crippen molar-refractivity contribution >= 4 is 21.9 Å². The van der Waals surface area contributed by atoms with Gasteiger partial charge in [0.05, 0.1) is 10.3 Å². The fourth-order valence-corrected chi connectivity index (χ4v) is 3.20. The first kappa shape index (κ1) is 20.6. The van der Waals surface area contributed by atoms with E-state index in [-0.39, 0.29) is 23.5 Å². The molecule has 7 nitrogen and oxygen atoms in total. The van der Waals surface area contributed by atoms with Crippen molar-refractivity contribution in [1.82, 2.24) is 10.0 Å². The minimum atomic E-state index is -3.80. The van der Waals surface area contributed by atoms with Crippen LogP contribution in [0.1, 0.15) is 29.8 Å². The zero-order chi connectivity index (χ0) is 20.1. The topological polar surface area (TPSA) is 113 Å². The Morgan fingerprint density at radius 3 is 2.33 bits per heavy atom.